The Morgan fingerprint density at radius 3 is 2.58 bits per heavy atom. The zero-order valence-corrected chi connectivity index (χ0v) is 14.2. The van der Waals surface area contributed by atoms with Crippen molar-refractivity contribution >= 4 is 11.8 Å². The first-order chi connectivity index (χ1) is 12.2. The Labute approximate surface area is 148 Å². The highest BCUT2D eigenvalue weighted by molar-refractivity contribution is 5.92. The number of hydrogen-bond acceptors (Lipinski definition) is 4. The largest absolute Gasteiger partial charge is 0.432 e. The van der Waals surface area contributed by atoms with Gasteiger partial charge in [-0.25, -0.2) is 0 Å². The van der Waals surface area contributed by atoms with Crippen molar-refractivity contribution in [1.29, 1.82) is 0 Å². The molecular formula is C16H21F3N4O3. The molecule has 0 unspecified atom stereocenters. The standard InChI is InChI=1S/C16H21F3N4O3/c17-16(18,19)12-9-11(20-21-12)14(26)22-5-3-15(4-6-22)2-1-13(25)23(10-15)7-8-24/h9,24H,1-8,10H2,(H,20,21). The molecule has 2 amide bonds. The Balaban J connectivity index is 1.62. The first-order valence-electron chi connectivity index (χ1n) is 8.55. The van der Waals surface area contributed by atoms with Crippen LogP contribution in [0.15, 0.2) is 6.07 Å². The van der Waals surface area contributed by atoms with Gasteiger partial charge in [-0.2, -0.15) is 18.3 Å². The molecule has 144 valence electrons. The number of rotatable bonds is 3. The van der Waals surface area contributed by atoms with Gasteiger partial charge in [0.15, 0.2) is 5.69 Å². The second kappa shape index (κ2) is 6.90. The van der Waals surface area contributed by atoms with Crippen molar-refractivity contribution in [3.8, 4) is 0 Å². The number of hydrogen-bond donors (Lipinski definition) is 2. The van der Waals surface area contributed by atoms with E-state index >= 15 is 0 Å². The van der Waals surface area contributed by atoms with Crippen LogP contribution < -0.4 is 0 Å². The normalized spacial score (nSPS) is 20.7. The van der Waals surface area contributed by atoms with E-state index in [1.165, 1.54) is 4.90 Å². The van der Waals surface area contributed by atoms with Gasteiger partial charge in [0, 0.05) is 38.7 Å². The molecule has 2 saturated heterocycles. The number of carbonyl (C=O) groups excluding carboxylic acids is 2. The molecule has 2 N–H and O–H groups in total. The van der Waals surface area contributed by atoms with Crippen LogP contribution >= 0.6 is 0 Å². The molecule has 1 aromatic heterocycles. The highest BCUT2D eigenvalue weighted by Crippen LogP contribution is 2.40. The number of halogens is 3. The van der Waals surface area contributed by atoms with E-state index in [0.29, 0.717) is 45.4 Å². The lowest BCUT2D eigenvalue weighted by Crippen LogP contribution is -2.52. The summed E-state index contributed by atoms with van der Waals surface area (Å²) in [7, 11) is 0. The number of nitrogens with one attached hydrogen (secondary N) is 1. The first kappa shape index (κ1) is 18.7. The number of aliphatic hydroxyl groups is 1. The van der Waals surface area contributed by atoms with E-state index in [4.69, 9.17) is 5.11 Å². The monoisotopic (exact) mass is 374 g/mol. The fraction of sp³-hybridized carbons (Fsp3) is 0.688. The summed E-state index contributed by atoms with van der Waals surface area (Å²) in [6.07, 6.45) is -2.07. The topological polar surface area (TPSA) is 89.5 Å². The van der Waals surface area contributed by atoms with Crippen LogP contribution in [0.5, 0.6) is 0 Å². The van der Waals surface area contributed by atoms with E-state index in [0.717, 1.165) is 12.5 Å². The van der Waals surface area contributed by atoms with Crippen molar-refractivity contribution < 1.29 is 27.9 Å². The second-order valence-corrected chi connectivity index (χ2v) is 7.00. The minimum absolute atomic E-state index is 0.0272. The third-order valence-electron chi connectivity index (χ3n) is 5.33. The van der Waals surface area contributed by atoms with Crippen LogP contribution in [0.3, 0.4) is 0 Å². The van der Waals surface area contributed by atoms with Gasteiger partial charge in [-0.3, -0.25) is 14.7 Å². The smallest absolute Gasteiger partial charge is 0.395 e. The Kier molecular flexibility index (Phi) is 4.96. The summed E-state index contributed by atoms with van der Waals surface area (Å²) in [5.74, 6) is -0.495. The van der Waals surface area contributed by atoms with Crippen molar-refractivity contribution in [2.75, 3.05) is 32.8 Å². The number of β-amino-alcohol motifs (C(OH)–C–C–N with tert-alkyl or cyclic N) is 1. The molecule has 3 rings (SSSR count). The summed E-state index contributed by atoms with van der Waals surface area (Å²) in [4.78, 5) is 27.5. The number of aliphatic hydroxyl groups excluding tert-OH is 1. The minimum Gasteiger partial charge on any atom is -0.395 e. The van der Waals surface area contributed by atoms with Crippen molar-refractivity contribution in [3.05, 3.63) is 17.5 Å². The predicted octanol–water partition coefficient (Wildman–Crippen LogP) is 1.27. The zero-order valence-electron chi connectivity index (χ0n) is 14.2. The Bertz CT molecular complexity index is 681. The van der Waals surface area contributed by atoms with Gasteiger partial charge in [0.05, 0.1) is 6.61 Å². The van der Waals surface area contributed by atoms with E-state index in [2.05, 4.69) is 5.10 Å². The van der Waals surface area contributed by atoms with Crippen LogP contribution in [0.2, 0.25) is 0 Å². The third-order valence-corrected chi connectivity index (χ3v) is 5.33. The SMILES string of the molecule is O=C1CCC2(CCN(C(=O)c3cc(C(F)(F)F)[nH]n3)CC2)CN1CCO. The molecule has 1 aromatic rings. The fourth-order valence-electron chi connectivity index (χ4n) is 3.76. The molecule has 2 aliphatic heterocycles. The van der Waals surface area contributed by atoms with E-state index in [-0.39, 0.29) is 23.6 Å². The van der Waals surface area contributed by atoms with Crippen LogP contribution in [0.1, 0.15) is 41.9 Å². The van der Waals surface area contributed by atoms with E-state index in [9.17, 15) is 22.8 Å². The number of likely N-dealkylation sites (tertiary alicyclic amines) is 2. The van der Waals surface area contributed by atoms with E-state index in [1.54, 1.807) is 4.90 Å². The minimum atomic E-state index is -4.57. The highest BCUT2D eigenvalue weighted by Gasteiger charge is 2.42. The lowest BCUT2D eigenvalue weighted by Gasteiger charge is -2.47. The molecule has 0 radical (unpaired) electrons. The molecule has 2 aliphatic rings. The summed E-state index contributed by atoms with van der Waals surface area (Å²) in [5.41, 5.74) is -1.38. The number of piperidine rings is 2. The van der Waals surface area contributed by atoms with Crippen molar-refractivity contribution in [3.63, 3.8) is 0 Å². The van der Waals surface area contributed by atoms with Gasteiger partial charge in [-0.1, -0.05) is 0 Å². The molecule has 10 heteroatoms. The predicted molar refractivity (Wildman–Crippen MR) is 84.1 cm³/mol. The number of aromatic amines is 1. The Morgan fingerprint density at radius 1 is 1.31 bits per heavy atom. The van der Waals surface area contributed by atoms with Gasteiger partial charge in [0.2, 0.25) is 5.91 Å². The molecule has 2 fully saturated rings. The number of carbonyl (C=O) groups is 2. The van der Waals surface area contributed by atoms with Gasteiger partial charge < -0.3 is 14.9 Å². The van der Waals surface area contributed by atoms with E-state index in [1.807, 2.05) is 5.10 Å². The van der Waals surface area contributed by atoms with Crippen molar-refractivity contribution in [1.82, 2.24) is 20.0 Å². The maximum Gasteiger partial charge on any atom is 0.432 e. The number of amides is 2. The van der Waals surface area contributed by atoms with Crippen molar-refractivity contribution in [2.24, 2.45) is 5.41 Å². The molecule has 3 heterocycles. The highest BCUT2D eigenvalue weighted by atomic mass is 19.4. The van der Waals surface area contributed by atoms with Crippen LogP contribution in [0, 0.1) is 5.41 Å². The molecule has 0 aliphatic carbocycles. The Hall–Kier alpha value is -2.10. The maximum absolute atomic E-state index is 12.6. The summed E-state index contributed by atoms with van der Waals surface area (Å²) in [5, 5.41) is 14.4. The summed E-state index contributed by atoms with van der Waals surface area (Å²) >= 11 is 0. The van der Waals surface area contributed by atoms with Crippen molar-refractivity contribution in [2.45, 2.75) is 31.9 Å². The molecule has 26 heavy (non-hydrogen) atoms. The summed E-state index contributed by atoms with van der Waals surface area (Å²) in [6.45, 7) is 1.58. The molecule has 0 aromatic carbocycles. The lowest BCUT2D eigenvalue weighted by molar-refractivity contribution is -0.141. The summed E-state index contributed by atoms with van der Waals surface area (Å²) in [6, 6.07) is 0.731. The average molecular weight is 374 g/mol. The van der Waals surface area contributed by atoms with Gasteiger partial charge in [-0.15, -0.1) is 0 Å². The third kappa shape index (κ3) is 3.69. The fourth-order valence-corrected chi connectivity index (χ4v) is 3.76. The van der Waals surface area contributed by atoms with E-state index < -0.39 is 17.8 Å². The molecule has 7 nitrogen and oxygen atoms in total. The number of aromatic nitrogens is 2. The molecular weight excluding hydrogens is 353 g/mol. The second-order valence-electron chi connectivity index (χ2n) is 7.00. The maximum atomic E-state index is 12.6. The Morgan fingerprint density at radius 2 is 2.00 bits per heavy atom. The van der Waals surface area contributed by atoms with Gasteiger partial charge in [0.25, 0.3) is 5.91 Å². The quantitative estimate of drug-likeness (QED) is 0.834. The lowest BCUT2D eigenvalue weighted by atomic mass is 9.72. The zero-order chi connectivity index (χ0) is 18.9. The number of H-pyrrole nitrogens is 1. The van der Waals surface area contributed by atoms with Crippen LogP contribution in [-0.2, 0) is 11.0 Å². The number of alkyl halides is 3. The number of nitrogens with zero attached hydrogens (tertiary/aromatic N) is 3. The van der Waals surface area contributed by atoms with Crippen LogP contribution in [0.4, 0.5) is 13.2 Å². The van der Waals surface area contributed by atoms with Crippen LogP contribution in [0.25, 0.3) is 0 Å². The average Bonchev–Trinajstić information content (AvgIpc) is 3.09. The first-order valence-corrected chi connectivity index (χ1v) is 8.55. The van der Waals surface area contributed by atoms with Gasteiger partial charge >= 0.3 is 6.18 Å². The van der Waals surface area contributed by atoms with Gasteiger partial charge in [0.1, 0.15) is 5.69 Å². The molecule has 0 atom stereocenters. The molecule has 1 spiro atoms. The molecule has 0 bridgehead atoms. The van der Waals surface area contributed by atoms with Gasteiger partial charge in [-0.05, 0) is 24.7 Å². The molecule has 0 saturated carbocycles. The summed E-state index contributed by atoms with van der Waals surface area (Å²) < 4.78 is 37.9. The van der Waals surface area contributed by atoms with Crippen LogP contribution in [-0.4, -0.2) is 69.7 Å².